The van der Waals surface area contributed by atoms with E-state index in [4.69, 9.17) is 5.73 Å². The molecule has 2 fully saturated rings. The van der Waals surface area contributed by atoms with Gasteiger partial charge < -0.3 is 26.6 Å². The van der Waals surface area contributed by atoms with Crippen molar-refractivity contribution in [3.63, 3.8) is 0 Å². The van der Waals surface area contributed by atoms with Crippen molar-refractivity contribution < 1.29 is 43.4 Å². The second-order valence-electron chi connectivity index (χ2n) is 10.6. The molecule has 13 heteroatoms. The van der Waals surface area contributed by atoms with Crippen LogP contribution in [-0.4, -0.2) is 82.5 Å². The number of nitrogens with one attached hydrogen (secondary N) is 2. The van der Waals surface area contributed by atoms with E-state index in [1.165, 1.54) is 19.0 Å². The fourth-order valence-corrected chi connectivity index (χ4v) is 6.29. The lowest BCUT2D eigenvalue weighted by molar-refractivity contribution is -0.181. The van der Waals surface area contributed by atoms with Crippen LogP contribution in [0.3, 0.4) is 0 Å². The molecule has 0 bridgehead atoms. The number of carbonyl (C=O) groups is 6. The molecule has 39 heavy (non-hydrogen) atoms. The fraction of sp³-hybridized carbons (Fsp3) is 0.538. The Morgan fingerprint density at radius 3 is 2.44 bits per heavy atom. The first-order valence-electron chi connectivity index (χ1n) is 12.7. The third kappa shape index (κ3) is 4.29. The van der Waals surface area contributed by atoms with E-state index in [0.717, 1.165) is 6.07 Å². The zero-order valence-corrected chi connectivity index (χ0v) is 21.7. The van der Waals surface area contributed by atoms with Crippen molar-refractivity contribution in [2.24, 2.45) is 29.4 Å². The average Bonchev–Trinajstić information content (AvgIpc) is 2.85. The number of phenols is 1. The van der Waals surface area contributed by atoms with Gasteiger partial charge in [-0.2, -0.15) is 0 Å². The number of nitrogens with two attached hydrogens (primary N) is 1. The van der Waals surface area contributed by atoms with E-state index in [1.807, 2.05) is 6.92 Å². The third-order valence-corrected chi connectivity index (χ3v) is 8.06. The highest BCUT2D eigenvalue weighted by atomic mass is 19.1. The van der Waals surface area contributed by atoms with E-state index in [1.54, 1.807) is 0 Å². The van der Waals surface area contributed by atoms with Gasteiger partial charge in [0.1, 0.15) is 11.6 Å². The summed E-state index contributed by atoms with van der Waals surface area (Å²) in [5.74, 6) is -13.1. The molecule has 210 valence electrons. The van der Waals surface area contributed by atoms with Crippen molar-refractivity contribution in [1.29, 1.82) is 0 Å². The van der Waals surface area contributed by atoms with Crippen LogP contribution in [0.5, 0.6) is 5.75 Å². The Bertz CT molecular complexity index is 1300. The molecule has 3 amide bonds. The monoisotopic (exact) mass is 546 g/mol. The molecule has 4 rings (SSSR count). The van der Waals surface area contributed by atoms with Gasteiger partial charge in [-0.05, 0) is 45.3 Å². The van der Waals surface area contributed by atoms with Gasteiger partial charge in [0.15, 0.2) is 34.7 Å². The van der Waals surface area contributed by atoms with E-state index < -0.39 is 87.5 Å². The summed E-state index contributed by atoms with van der Waals surface area (Å²) < 4.78 is 15.3. The van der Waals surface area contributed by atoms with Gasteiger partial charge in [-0.3, -0.25) is 28.9 Å². The lowest BCUT2D eigenvalue weighted by Gasteiger charge is -2.52. The van der Waals surface area contributed by atoms with Crippen LogP contribution >= 0.6 is 0 Å². The van der Waals surface area contributed by atoms with Crippen LogP contribution in [0, 0.1) is 29.5 Å². The van der Waals surface area contributed by atoms with Crippen LogP contribution < -0.4 is 16.4 Å². The number of halogens is 1. The van der Waals surface area contributed by atoms with Gasteiger partial charge in [-0.15, -0.1) is 0 Å². The molecule has 0 spiro atoms. The summed E-state index contributed by atoms with van der Waals surface area (Å²) in [6.45, 7) is 1.92. The van der Waals surface area contributed by atoms with Gasteiger partial charge >= 0.3 is 6.03 Å². The minimum Gasteiger partial charge on any atom is -0.507 e. The van der Waals surface area contributed by atoms with Crippen LogP contribution in [0.4, 0.5) is 9.18 Å². The highest BCUT2D eigenvalue weighted by Gasteiger charge is 2.69. The number of benzene rings is 1. The highest BCUT2D eigenvalue weighted by molar-refractivity contribution is 6.32. The van der Waals surface area contributed by atoms with Crippen LogP contribution in [0.1, 0.15) is 41.3 Å². The van der Waals surface area contributed by atoms with Crippen molar-refractivity contribution in [3.05, 3.63) is 28.6 Å². The quantitative estimate of drug-likeness (QED) is 0.284. The van der Waals surface area contributed by atoms with Gasteiger partial charge in [0.05, 0.1) is 17.5 Å². The standard InChI is InChI=1S/C26H31FN4O8/c1-4-5-29-25(38)30-9-11-8-14(27)12-6-10-7-13-18(31(2)3)21(34)17(24(28)37)23(36)26(13,39)22(35)15(10)20(33)16(12)19(11)32/h8,10,13,15,17-18,32,39H,4-7,9H2,1-3H3,(H2,28,37)(H2,29,30,38)/t10-,13-,15?,17?,18-,26-/m0/s1. The van der Waals surface area contributed by atoms with Crippen molar-refractivity contribution in [1.82, 2.24) is 15.5 Å². The Balaban J connectivity index is 1.75. The zero-order valence-electron chi connectivity index (χ0n) is 21.7. The molecule has 2 unspecified atom stereocenters. The number of rotatable bonds is 6. The maximum absolute atomic E-state index is 15.3. The Hall–Kier alpha value is -3.71. The summed E-state index contributed by atoms with van der Waals surface area (Å²) in [6, 6.07) is -0.810. The number of phenolic OH excluding ortho intramolecular Hbond substituents is 1. The number of Topliss-reactive ketones (excluding diaryl/α,β-unsaturated/α-hetero) is 4. The van der Waals surface area contributed by atoms with Gasteiger partial charge in [-0.1, -0.05) is 6.92 Å². The normalized spacial score (nSPS) is 29.9. The lowest BCUT2D eigenvalue weighted by atomic mass is 9.52. The molecule has 1 aromatic carbocycles. The number of fused-ring (bicyclic) bond motifs is 3. The number of ketones is 4. The zero-order chi connectivity index (χ0) is 29.0. The maximum atomic E-state index is 15.3. The smallest absolute Gasteiger partial charge is 0.315 e. The number of amides is 3. The Kier molecular flexibility index (Phi) is 7.34. The SMILES string of the molecule is CCCNC(=O)NCc1cc(F)c2c(c1O)C(=O)C1C(=O)[C@]3(O)C(=O)C(C(N)=O)C(=O)[C@@H](N(C)C)[C@@H]3C[C@@H]1C2. The molecule has 2 saturated carbocycles. The molecule has 0 aliphatic heterocycles. The number of hydrogen-bond acceptors (Lipinski definition) is 9. The van der Waals surface area contributed by atoms with Crippen molar-refractivity contribution in [3.8, 4) is 5.75 Å². The molecule has 6 atom stereocenters. The van der Waals surface area contributed by atoms with E-state index in [2.05, 4.69) is 10.6 Å². The molecule has 6 N–H and O–H groups in total. The number of likely N-dealkylation sites (N-methyl/N-ethyl adjacent to an activating group) is 1. The second-order valence-corrected chi connectivity index (χ2v) is 10.6. The predicted molar refractivity (Wildman–Crippen MR) is 132 cm³/mol. The van der Waals surface area contributed by atoms with Crippen LogP contribution in [-0.2, 0) is 32.1 Å². The highest BCUT2D eigenvalue weighted by Crippen LogP contribution is 2.51. The Morgan fingerprint density at radius 2 is 1.85 bits per heavy atom. The Labute approximate surface area is 223 Å². The summed E-state index contributed by atoms with van der Waals surface area (Å²) >= 11 is 0. The van der Waals surface area contributed by atoms with Gasteiger partial charge in [0.2, 0.25) is 5.91 Å². The summed E-state index contributed by atoms with van der Waals surface area (Å²) in [7, 11) is 2.95. The van der Waals surface area contributed by atoms with Crippen molar-refractivity contribution in [2.45, 2.75) is 44.4 Å². The minimum atomic E-state index is -2.86. The van der Waals surface area contributed by atoms with E-state index >= 15 is 4.39 Å². The van der Waals surface area contributed by atoms with Crippen LogP contribution in [0.2, 0.25) is 0 Å². The summed E-state index contributed by atoms with van der Waals surface area (Å²) in [5, 5.41) is 27.5. The third-order valence-electron chi connectivity index (χ3n) is 8.06. The molecule has 1 aromatic rings. The van der Waals surface area contributed by atoms with Crippen LogP contribution in [0.25, 0.3) is 0 Å². The molecule has 0 radical (unpaired) electrons. The number of primary amides is 1. The first kappa shape index (κ1) is 28.3. The van der Waals surface area contributed by atoms with Gasteiger partial charge in [-0.25, -0.2) is 9.18 Å². The van der Waals surface area contributed by atoms with Crippen LogP contribution in [0.15, 0.2) is 6.07 Å². The average molecular weight is 547 g/mol. The number of hydrogen-bond donors (Lipinski definition) is 5. The van der Waals surface area contributed by atoms with Gasteiger partial charge in [0.25, 0.3) is 0 Å². The summed E-state index contributed by atoms with van der Waals surface area (Å²) in [5.41, 5.74) is 1.72. The number of urea groups is 1. The predicted octanol–water partition coefficient (Wildman–Crippen LogP) is -0.785. The largest absolute Gasteiger partial charge is 0.507 e. The maximum Gasteiger partial charge on any atom is 0.315 e. The number of aromatic hydroxyl groups is 1. The first-order valence-corrected chi connectivity index (χ1v) is 12.7. The van der Waals surface area contributed by atoms with E-state index in [-0.39, 0.29) is 30.5 Å². The molecular formula is C26H31FN4O8. The van der Waals surface area contributed by atoms with Crippen molar-refractivity contribution >= 4 is 35.1 Å². The molecule has 0 saturated heterocycles. The fourth-order valence-electron chi connectivity index (χ4n) is 6.29. The first-order chi connectivity index (χ1) is 18.3. The molecule has 3 aliphatic carbocycles. The summed E-state index contributed by atoms with van der Waals surface area (Å²) in [4.78, 5) is 79.0. The second kappa shape index (κ2) is 10.1. The number of nitrogens with zero attached hydrogens (tertiary/aromatic N) is 1. The molecule has 0 aromatic heterocycles. The molecular weight excluding hydrogens is 515 g/mol. The molecule has 0 heterocycles. The molecule has 12 nitrogen and oxygen atoms in total. The number of carbonyl (C=O) groups excluding carboxylic acids is 6. The topological polar surface area (TPSA) is 196 Å². The number of aliphatic hydroxyl groups is 1. The summed E-state index contributed by atoms with van der Waals surface area (Å²) in [6.07, 6.45) is 0.317. The van der Waals surface area contributed by atoms with E-state index in [9.17, 15) is 39.0 Å². The van der Waals surface area contributed by atoms with Gasteiger partial charge in [0, 0.05) is 30.1 Å². The lowest BCUT2D eigenvalue weighted by Crippen LogP contribution is -2.74. The Morgan fingerprint density at radius 1 is 1.18 bits per heavy atom. The molecule has 3 aliphatic rings. The van der Waals surface area contributed by atoms with Crippen molar-refractivity contribution in [2.75, 3.05) is 20.6 Å². The van der Waals surface area contributed by atoms with E-state index in [0.29, 0.717) is 13.0 Å². The minimum absolute atomic E-state index is 0.106.